The maximum absolute atomic E-state index is 13.5. The fourth-order valence-corrected chi connectivity index (χ4v) is 4.56. The van der Waals surface area contributed by atoms with E-state index >= 15 is 0 Å². The summed E-state index contributed by atoms with van der Waals surface area (Å²) < 4.78 is 5.00. The lowest BCUT2D eigenvalue weighted by Gasteiger charge is -2.24. The average Bonchev–Trinajstić information content (AvgIpc) is 3.49. The standard InChI is InChI=1S/C25H22N4O5S2/c1-2-34-24(33)16-10-12-18(13-11-16)28-23(32)19(15-21(30)26-17-7-4-3-5-8-17)29(25(28)35)27-22(31)20-9-6-14-36-20/h3-14,19H,2,15H2,1H3,(H,26,30)(H,27,31). The highest BCUT2D eigenvalue weighted by atomic mass is 32.1. The van der Waals surface area contributed by atoms with Crippen molar-refractivity contribution in [2.45, 2.75) is 19.4 Å². The number of nitrogens with zero attached hydrogens (tertiary/aromatic N) is 2. The number of benzene rings is 2. The Balaban J connectivity index is 1.58. The number of hydrazine groups is 1. The molecule has 2 aromatic carbocycles. The molecule has 11 heteroatoms. The second kappa shape index (κ2) is 11.1. The number of thiophene rings is 1. The Hall–Kier alpha value is -4.09. The van der Waals surface area contributed by atoms with Crippen LogP contribution in [0.2, 0.25) is 0 Å². The van der Waals surface area contributed by atoms with Crippen molar-refractivity contribution in [2.75, 3.05) is 16.8 Å². The molecule has 4 rings (SSSR count). The number of anilines is 2. The van der Waals surface area contributed by atoms with Crippen LogP contribution in [0.4, 0.5) is 11.4 Å². The van der Waals surface area contributed by atoms with E-state index in [-0.39, 0.29) is 18.1 Å². The van der Waals surface area contributed by atoms with Crippen molar-refractivity contribution in [3.8, 4) is 0 Å². The quantitative estimate of drug-likeness (QED) is 0.344. The van der Waals surface area contributed by atoms with Crippen molar-refractivity contribution in [3.63, 3.8) is 0 Å². The zero-order valence-corrected chi connectivity index (χ0v) is 20.8. The molecule has 1 atom stereocenters. The first kappa shape index (κ1) is 25.0. The van der Waals surface area contributed by atoms with Crippen LogP contribution in [0.3, 0.4) is 0 Å². The number of ether oxygens (including phenoxy) is 1. The summed E-state index contributed by atoms with van der Waals surface area (Å²) in [5.41, 5.74) is 3.96. The highest BCUT2D eigenvalue weighted by molar-refractivity contribution is 7.80. The van der Waals surface area contributed by atoms with Crippen molar-refractivity contribution in [2.24, 2.45) is 0 Å². The van der Waals surface area contributed by atoms with Gasteiger partial charge in [0.05, 0.1) is 29.2 Å². The van der Waals surface area contributed by atoms with Gasteiger partial charge in [0.2, 0.25) is 11.0 Å². The van der Waals surface area contributed by atoms with Crippen molar-refractivity contribution in [1.82, 2.24) is 10.4 Å². The van der Waals surface area contributed by atoms with E-state index in [9.17, 15) is 19.2 Å². The van der Waals surface area contributed by atoms with Gasteiger partial charge in [0.15, 0.2) is 0 Å². The molecule has 1 aliphatic rings. The molecular formula is C25H22N4O5S2. The average molecular weight is 523 g/mol. The van der Waals surface area contributed by atoms with Crippen LogP contribution in [0.25, 0.3) is 0 Å². The predicted octanol–water partition coefficient (Wildman–Crippen LogP) is 3.60. The Bertz CT molecular complexity index is 1280. The number of carbonyl (C=O) groups is 4. The third kappa shape index (κ3) is 5.42. The number of hydrogen-bond donors (Lipinski definition) is 2. The molecule has 9 nitrogen and oxygen atoms in total. The molecule has 36 heavy (non-hydrogen) atoms. The maximum atomic E-state index is 13.5. The summed E-state index contributed by atoms with van der Waals surface area (Å²) in [6, 6.07) is 17.3. The first-order chi connectivity index (χ1) is 17.4. The molecule has 3 aromatic rings. The van der Waals surface area contributed by atoms with Crippen LogP contribution < -0.4 is 15.6 Å². The van der Waals surface area contributed by atoms with E-state index in [0.717, 1.165) is 0 Å². The van der Waals surface area contributed by atoms with Crippen molar-refractivity contribution in [3.05, 3.63) is 82.6 Å². The smallest absolute Gasteiger partial charge is 0.338 e. The Kier molecular flexibility index (Phi) is 7.71. The molecule has 1 aromatic heterocycles. The van der Waals surface area contributed by atoms with E-state index in [1.807, 2.05) is 6.07 Å². The lowest BCUT2D eigenvalue weighted by Crippen LogP contribution is -2.49. The third-order valence-electron chi connectivity index (χ3n) is 5.25. The zero-order chi connectivity index (χ0) is 25.7. The monoisotopic (exact) mass is 522 g/mol. The second-order valence-electron chi connectivity index (χ2n) is 7.65. The molecule has 1 aliphatic heterocycles. The molecule has 1 fully saturated rings. The molecule has 2 N–H and O–H groups in total. The number of thiocarbonyl (C=S) groups is 1. The molecule has 184 valence electrons. The van der Waals surface area contributed by atoms with Crippen LogP contribution in [0.1, 0.15) is 33.4 Å². The Morgan fingerprint density at radius 2 is 1.75 bits per heavy atom. The summed E-state index contributed by atoms with van der Waals surface area (Å²) in [6.45, 7) is 1.95. The van der Waals surface area contributed by atoms with E-state index in [4.69, 9.17) is 17.0 Å². The molecule has 0 saturated carbocycles. The molecule has 0 radical (unpaired) electrons. The predicted molar refractivity (Wildman–Crippen MR) is 140 cm³/mol. The normalized spacial score (nSPS) is 15.1. The fraction of sp³-hybridized carbons (Fsp3) is 0.160. The molecule has 0 aliphatic carbocycles. The summed E-state index contributed by atoms with van der Waals surface area (Å²) in [6.07, 6.45) is -0.254. The Morgan fingerprint density at radius 1 is 1.03 bits per heavy atom. The highest BCUT2D eigenvalue weighted by Crippen LogP contribution is 2.27. The fourth-order valence-electron chi connectivity index (χ4n) is 3.58. The number of amides is 3. The van der Waals surface area contributed by atoms with Crippen molar-refractivity contribution < 1.29 is 23.9 Å². The lowest BCUT2D eigenvalue weighted by atomic mass is 10.1. The van der Waals surface area contributed by atoms with Gasteiger partial charge < -0.3 is 10.1 Å². The molecule has 2 heterocycles. The SMILES string of the molecule is CCOC(=O)c1ccc(N2C(=O)C(CC(=O)Nc3ccccc3)N(NC(=O)c3cccs3)C2=S)cc1. The number of esters is 1. The minimum atomic E-state index is -1.07. The van der Waals surface area contributed by atoms with Crippen LogP contribution in [0.15, 0.2) is 72.1 Å². The highest BCUT2D eigenvalue weighted by Gasteiger charge is 2.45. The minimum absolute atomic E-state index is 0.00584. The number of rotatable bonds is 8. The Morgan fingerprint density at radius 3 is 2.39 bits per heavy atom. The van der Waals surface area contributed by atoms with E-state index in [1.165, 1.54) is 33.4 Å². The van der Waals surface area contributed by atoms with Gasteiger partial charge in [0.25, 0.3) is 11.8 Å². The van der Waals surface area contributed by atoms with E-state index in [1.54, 1.807) is 60.8 Å². The van der Waals surface area contributed by atoms with E-state index in [0.29, 0.717) is 21.8 Å². The van der Waals surface area contributed by atoms with Crippen molar-refractivity contribution >= 4 is 63.7 Å². The first-order valence-corrected chi connectivity index (χ1v) is 12.3. The number of para-hydroxylation sites is 1. The second-order valence-corrected chi connectivity index (χ2v) is 8.96. The third-order valence-corrected chi connectivity index (χ3v) is 6.50. The number of nitrogens with one attached hydrogen (secondary N) is 2. The molecule has 3 amide bonds. The molecule has 1 unspecified atom stereocenters. The lowest BCUT2D eigenvalue weighted by molar-refractivity contribution is -0.124. The van der Waals surface area contributed by atoms with Gasteiger partial charge >= 0.3 is 5.97 Å². The number of carbonyl (C=O) groups excluding carboxylic acids is 4. The molecule has 1 saturated heterocycles. The van der Waals surface area contributed by atoms with Gasteiger partial charge in [-0.25, -0.2) is 9.80 Å². The summed E-state index contributed by atoms with van der Waals surface area (Å²) in [7, 11) is 0. The van der Waals surface area contributed by atoms with Crippen LogP contribution >= 0.6 is 23.6 Å². The van der Waals surface area contributed by atoms with Gasteiger partial charge in [-0.3, -0.25) is 24.7 Å². The van der Waals surface area contributed by atoms with Gasteiger partial charge in [0, 0.05) is 5.69 Å². The zero-order valence-electron chi connectivity index (χ0n) is 19.2. The molecule has 0 bridgehead atoms. The van der Waals surface area contributed by atoms with Gasteiger partial charge in [-0.05, 0) is 67.0 Å². The number of hydrogen-bond acceptors (Lipinski definition) is 7. The summed E-state index contributed by atoms with van der Waals surface area (Å²) in [5, 5.41) is 5.75. The van der Waals surface area contributed by atoms with Crippen LogP contribution in [0, 0.1) is 0 Å². The van der Waals surface area contributed by atoms with Crippen LogP contribution in [-0.2, 0) is 14.3 Å². The van der Waals surface area contributed by atoms with E-state index < -0.39 is 29.7 Å². The summed E-state index contributed by atoms with van der Waals surface area (Å²) in [5.74, 6) is -1.84. The van der Waals surface area contributed by atoms with Gasteiger partial charge in [-0.1, -0.05) is 24.3 Å². The first-order valence-electron chi connectivity index (χ1n) is 11.0. The summed E-state index contributed by atoms with van der Waals surface area (Å²) in [4.78, 5) is 52.7. The van der Waals surface area contributed by atoms with Gasteiger partial charge in [-0.15, -0.1) is 11.3 Å². The van der Waals surface area contributed by atoms with E-state index in [2.05, 4.69) is 10.7 Å². The largest absolute Gasteiger partial charge is 0.462 e. The minimum Gasteiger partial charge on any atom is -0.462 e. The van der Waals surface area contributed by atoms with Gasteiger partial charge in [-0.2, -0.15) is 0 Å². The van der Waals surface area contributed by atoms with Crippen LogP contribution in [0.5, 0.6) is 0 Å². The van der Waals surface area contributed by atoms with Gasteiger partial charge in [0.1, 0.15) is 6.04 Å². The van der Waals surface area contributed by atoms with Crippen molar-refractivity contribution in [1.29, 1.82) is 0 Å². The molecule has 0 spiro atoms. The summed E-state index contributed by atoms with van der Waals surface area (Å²) >= 11 is 6.79. The topological polar surface area (TPSA) is 108 Å². The van der Waals surface area contributed by atoms with Crippen LogP contribution in [-0.4, -0.2) is 46.5 Å². The maximum Gasteiger partial charge on any atom is 0.338 e. The molecular weight excluding hydrogens is 500 g/mol. The Labute approximate surface area is 216 Å².